The maximum Gasteiger partial charge on any atom is 0.509 e. The Morgan fingerprint density at radius 3 is 1.53 bits per heavy atom. The van der Waals surface area contributed by atoms with Crippen LogP contribution < -0.4 is 0 Å². The molecule has 0 spiro atoms. The molecule has 9 nitrogen and oxygen atoms in total. The van der Waals surface area contributed by atoms with E-state index in [0.29, 0.717) is 48.3 Å². The molecule has 0 radical (unpaired) electrons. The molecule has 5 aliphatic carbocycles. The van der Waals surface area contributed by atoms with Crippen LogP contribution in [0.2, 0.25) is 0 Å². The van der Waals surface area contributed by atoms with E-state index in [1.54, 1.807) is 0 Å². The Morgan fingerprint density at radius 1 is 0.553 bits per heavy atom. The van der Waals surface area contributed by atoms with Crippen molar-refractivity contribution >= 4 is 12.3 Å². The van der Waals surface area contributed by atoms with Gasteiger partial charge in [-0.25, -0.2) is 9.59 Å². The van der Waals surface area contributed by atoms with Crippen LogP contribution in [-0.4, -0.2) is 72.3 Å². The molecule has 47 heavy (non-hydrogen) atoms. The highest BCUT2D eigenvalue weighted by Crippen LogP contribution is 2.56. The Kier molecular flexibility index (Phi) is 10.2. The molecule has 3 saturated heterocycles. The number of hydrogen-bond acceptors (Lipinski definition) is 9. The second-order valence-electron chi connectivity index (χ2n) is 16.8. The van der Waals surface area contributed by atoms with Crippen LogP contribution in [0.15, 0.2) is 0 Å². The van der Waals surface area contributed by atoms with Gasteiger partial charge >= 0.3 is 12.3 Å². The van der Waals surface area contributed by atoms with Gasteiger partial charge < -0.3 is 33.2 Å². The zero-order chi connectivity index (χ0) is 32.4. The van der Waals surface area contributed by atoms with Crippen LogP contribution in [0.5, 0.6) is 0 Å². The molecule has 8 aliphatic rings. The van der Waals surface area contributed by atoms with Gasteiger partial charge in [0.05, 0.1) is 36.6 Å². The highest BCUT2D eigenvalue weighted by atomic mass is 16.7. The van der Waals surface area contributed by atoms with Gasteiger partial charge in [-0.3, -0.25) is 0 Å². The van der Waals surface area contributed by atoms with Gasteiger partial charge in [-0.05, 0) is 126 Å². The zero-order valence-corrected chi connectivity index (χ0v) is 28.9. The van der Waals surface area contributed by atoms with Crippen molar-refractivity contribution in [3.05, 3.63) is 0 Å². The molecule has 8 rings (SSSR count). The van der Waals surface area contributed by atoms with Crippen LogP contribution in [-0.2, 0) is 33.2 Å². The fraction of sp³-hybridized carbons (Fsp3) is 0.947. The largest absolute Gasteiger partial charge is 0.509 e. The summed E-state index contributed by atoms with van der Waals surface area (Å²) >= 11 is 0. The molecule has 8 fully saturated rings. The van der Waals surface area contributed by atoms with Crippen molar-refractivity contribution < 1.29 is 42.7 Å². The Morgan fingerprint density at radius 2 is 1.04 bits per heavy atom. The molecule has 12 unspecified atom stereocenters. The van der Waals surface area contributed by atoms with Crippen LogP contribution in [0.4, 0.5) is 9.59 Å². The summed E-state index contributed by atoms with van der Waals surface area (Å²) in [5.41, 5.74) is -0.732. The van der Waals surface area contributed by atoms with Crippen molar-refractivity contribution in [1.82, 2.24) is 0 Å². The molecule has 3 heterocycles. The van der Waals surface area contributed by atoms with Crippen molar-refractivity contribution in [3.8, 4) is 0 Å². The number of ether oxygens (including phenoxy) is 7. The molecule has 9 heteroatoms. The van der Waals surface area contributed by atoms with E-state index in [0.717, 1.165) is 82.5 Å². The first kappa shape index (κ1) is 35.3. The lowest BCUT2D eigenvalue weighted by Gasteiger charge is -2.42. The summed E-state index contributed by atoms with van der Waals surface area (Å²) < 4.78 is 39.8. The third kappa shape index (κ3) is 7.93. The van der Waals surface area contributed by atoms with Gasteiger partial charge in [-0.2, -0.15) is 0 Å². The Labute approximate surface area is 282 Å². The lowest BCUT2D eigenvalue weighted by atomic mass is 9.76. The van der Waals surface area contributed by atoms with Gasteiger partial charge in [0.1, 0.15) is 23.4 Å². The van der Waals surface area contributed by atoms with E-state index >= 15 is 0 Å². The molecule has 0 amide bonds. The van der Waals surface area contributed by atoms with Crippen LogP contribution in [0, 0.1) is 35.5 Å². The molecular formula is C38H62O9. The second-order valence-corrected chi connectivity index (χ2v) is 16.8. The Hall–Kier alpha value is -1.58. The number of hydrogen-bond donors (Lipinski definition) is 0. The zero-order valence-electron chi connectivity index (χ0n) is 28.9. The van der Waals surface area contributed by atoms with Gasteiger partial charge in [0.25, 0.3) is 0 Å². The van der Waals surface area contributed by atoms with Gasteiger partial charge in [-0.15, -0.1) is 0 Å². The van der Waals surface area contributed by atoms with Gasteiger partial charge in [0, 0.05) is 6.42 Å². The van der Waals surface area contributed by atoms with Crippen LogP contribution in [0.25, 0.3) is 0 Å². The maximum atomic E-state index is 12.8. The van der Waals surface area contributed by atoms with E-state index in [-0.39, 0.29) is 37.3 Å². The van der Waals surface area contributed by atoms with Crippen molar-refractivity contribution in [2.45, 2.75) is 192 Å². The highest BCUT2D eigenvalue weighted by molar-refractivity contribution is 5.62. The molecule has 0 N–H and O–H groups in total. The lowest BCUT2D eigenvalue weighted by molar-refractivity contribution is -0.129. The van der Waals surface area contributed by atoms with E-state index in [9.17, 15) is 9.59 Å². The van der Waals surface area contributed by atoms with E-state index in [1.165, 1.54) is 12.8 Å². The molecule has 0 aromatic carbocycles. The molecular weight excluding hydrogens is 600 g/mol. The predicted octanol–water partition coefficient (Wildman–Crippen LogP) is 8.39. The Balaban J connectivity index is 0.000000161. The maximum absolute atomic E-state index is 12.8. The fourth-order valence-electron chi connectivity index (χ4n) is 9.40. The monoisotopic (exact) mass is 662 g/mol. The summed E-state index contributed by atoms with van der Waals surface area (Å²) in [5.74, 6) is 3.08. The van der Waals surface area contributed by atoms with Crippen LogP contribution in [0.1, 0.15) is 132 Å². The predicted molar refractivity (Wildman–Crippen MR) is 176 cm³/mol. The molecule has 14 atom stereocenters. The number of epoxide rings is 3. The van der Waals surface area contributed by atoms with Gasteiger partial charge in [-0.1, -0.05) is 35.1 Å². The minimum atomic E-state index is -0.516. The lowest BCUT2D eigenvalue weighted by Crippen LogP contribution is -2.48. The van der Waals surface area contributed by atoms with Gasteiger partial charge in [0.2, 0.25) is 0 Å². The first-order valence-electron chi connectivity index (χ1n) is 18.7. The first-order valence-corrected chi connectivity index (χ1v) is 18.7. The summed E-state index contributed by atoms with van der Waals surface area (Å²) in [6.07, 6.45) is 14.9. The van der Waals surface area contributed by atoms with E-state index in [1.807, 2.05) is 13.8 Å². The number of rotatable bonds is 8. The van der Waals surface area contributed by atoms with E-state index in [4.69, 9.17) is 33.2 Å². The highest BCUT2D eigenvalue weighted by Gasteiger charge is 2.56. The molecule has 3 aliphatic heterocycles. The smallest absolute Gasteiger partial charge is 0.431 e. The van der Waals surface area contributed by atoms with Crippen molar-refractivity contribution in [3.63, 3.8) is 0 Å². The van der Waals surface area contributed by atoms with Crippen molar-refractivity contribution in [2.24, 2.45) is 35.5 Å². The minimum Gasteiger partial charge on any atom is -0.431 e. The van der Waals surface area contributed by atoms with Gasteiger partial charge in [0.15, 0.2) is 0 Å². The quantitative estimate of drug-likeness (QED) is 0.187. The number of carbonyl (C=O) groups is 2. The van der Waals surface area contributed by atoms with Crippen molar-refractivity contribution in [1.29, 1.82) is 0 Å². The third-order valence-electron chi connectivity index (χ3n) is 13.4. The van der Waals surface area contributed by atoms with Crippen LogP contribution >= 0.6 is 0 Å². The van der Waals surface area contributed by atoms with E-state index < -0.39 is 17.9 Å². The third-order valence-corrected chi connectivity index (χ3v) is 13.4. The molecule has 268 valence electrons. The first-order chi connectivity index (χ1) is 21.9. The number of carbonyl (C=O) groups excluding carboxylic acids is 2. The average Bonchev–Trinajstić information content (AvgIpc) is 3.84. The topological polar surface area (TPSA) is 109 Å². The summed E-state index contributed by atoms with van der Waals surface area (Å²) in [7, 11) is 0. The fourth-order valence-corrected chi connectivity index (χ4v) is 9.40. The molecule has 0 aromatic heterocycles. The summed E-state index contributed by atoms with van der Waals surface area (Å²) in [5, 5.41) is 0. The summed E-state index contributed by atoms with van der Waals surface area (Å²) in [4.78, 5) is 24.8. The minimum absolute atomic E-state index is 0. The Bertz CT molecular complexity index is 1040. The SMILES string of the molecule is C.CC(C)[C@@]1(OC(=O)O[C@@]2(C(C)C)CCC3CC3C2)CCC2OC2C1.CC(OC(=O)OC(C)C1CCC2OC2C1)C1CCC2OC2C1. The van der Waals surface area contributed by atoms with Crippen LogP contribution in [0.3, 0.4) is 0 Å². The van der Waals surface area contributed by atoms with Crippen molar-refractivity contribution in [2.75, 3.05) is 0 Å². The van der Waals surface area contributed by atoms with E-state index in [2.05, 4.69) is 27.7 Å². The molecule has 5 saturated carbocycles. The number of fused-ring (bicyclic) bond motifs is 4. The molecule has 0 bridgehead atoms. The second kappa shape index (κ2) is 13.6. The normalized spacial score (nSPS) is 44.7. The molecule has 0 aromatic rings. The summed E-state index contributed by atoms with van der Waals surface area (Å²) in [6.45, 7) is 12.6. The standard InChI is InChI=1S/C20H32O4.C17H26O5.CH4/c1-12(2)19(7-5-14-9-15(14)10-19)23-18(21)24-20(13(3)4)8-6-16-17(11-20)22-16;1-9(11-3-5-13-15(7-11)21-13)19-17(18)20-10(2)12-4-6-14-16(8-12)22-14;/h12-17H,5-11H2,1-4H3;9-16H,3-8H2,1-2H3;1H4/t14?,15?,16?,17?,19-,20+;;/m0../s1. The summed E-state index contributed by atoms with van der Waals surface area (Å²) in [6, 6.07) is 0. The average molecular weight is 663 g/mol.